The van der Waals surface area contributed by atoms with Gasteiger partial charge in [-0.25, -0.2) is 0 Å². The molecule has 1 unspecified atom stereocenters. The molecule has 27 heavy (non-hydrogen) atoms. The summed E-state index contributed by atoms with van der Waals surface area (Å²) >= 11 is 0. The molecule has 6 heteroatoms. The van der Waals surface area contributed by atoms with E-state index in [0.29, 0.717) is 25.9 Å². The molecule has 1 aromatic carbocycles. The summed E-state index contributed by atoms with van der Waals surface area (Å²) in [7, 11) is 2.02. The van der Waals surface area contributed by atoms with Crippen molar-refractivity contribution >= 4 is 5.91 Å². The second kappa shape index (κ2) is 8.48. The fraction of sp³-hybridized carbons (Fsp3) is 0.476. The van der Waals surface area contributed by atoms with Gasteiger partial charge < -0.3 is 19.7 Å². The van der Waals surface area contributed by atoms with Gasteiger partial charge in [-0.3, -0.25) is 9.69 Å². The molecule has 0 aromatic heterocycles. The molecule has 2 heterocycles. The molecule has 1 aromatic rings. The number of nitrogens with zero attached hydrogens (tertiary/aromatic N) is 2. The third kappa shape index (κ3) is 4.83. The number of hydrogen-bond donors (Lipinski definition) is 1. The van der Waals surface area contributed by atoms with Crippen LogP contribution in [0.1, 0.15) is 32.8 Å². The van der Waals surface area contributed by atoms with Crippen LogP contribution in [0.5, 0.6) is 11.5 Å². The molecule has 1 N–H and O–H groups in total. The molecule has 2 aliphatic heterocycles. The molecule has 0 fully saturated rings. The maximum absolute atomic E-state index is 12.5. The molecule has 1 amide bonds. The average Bonchev–Trinajstić information content (AvgIpc) is 3.13. The normalized spacial score (nSPS) is 16.7. The SMILES string of the molecule is CC(C)N1C=CCC(C(=O)NCN(C)C(C)Cc2ccc3c(c2)OCO3)=C1. The molecular formula is C21H29N3O3. The zero-order valence-electron chi connectivity index (χ0n) is 16.6. The van der Waals surface area contributed by atoms with Gasteiger partial charge in [0.2, 0.25) is 12.7 Å². The molecule has 0 spiro atoms. The van der Waals surface area contributed by atoms with Crippen molar-refractivity contribution in [3.05, 3.63) is 47.8 Å². The molecule has 146 valence electrons. The third-order valence-electron chi connectivity index (χ3n) is 5.02. The maximum Gasteiger partial charge on any atom is 0.249 e. The lowest BCUT2D eigenvalue weighted by molar-refractivity contribution is -0.118. The Labute approximate surface area is 161 Å². The minimum absolute atomic E-state index is 0.00729. The fourth-order valence-corrected chi connectivity index (χ4v) is 3.08. The van der Waals surface area contributed by atoms with Crippen molar-refractivity contribution in [2.45, 2.75) is 45.7 Å². The Kier molecular flexibility index (Phi) is 6.06. The topological polar surface area (TPSA) is 54.0 Å². The summed E-state index contributed by atoms with van der Waals surface area (Å²) in [6, 6.07) is 6.67. The summed E-state index contributed by atoms with van der Waals surface area (Å²) in [6.45, 7) is 7.16. The Balaban J connectivity index is 1.49. The lowest BCUT2D eigenvalue weighted by atomic mass is 10.1. The number of hydrogen-bond acceptors (Lipinski definition) is 5. The van der Waals surface area contributed by atoms with Crippen LogP contribution in [-0.2, 0) is 11.2 Å². The van der Waals surface area contributed by atoms with E-state index >= 15 is 0 Å². The second-order valence-electron chi connectivity index (χ2n) is 7.45. The Bertz CT molecular complexity index is 742. The predicted molar refractivity (Wildman–Crippen MR) is 105 cm³/mol. The second-order valence-corrected chi connectivity index (χ2v) is 7.45. The Morgan fingerprint density at radius 3 is 2.81 bits per heavy atom. The van der Waals surface area contributed by atoms with Crippen LogP contribution in [0.3, 0.4) is 0 Å². The van der Waals surface area contributed by atoms with Crippen LogP contribution in [0.15, 0.2) is 42.2 Å². The summed E-state index contributed by atoms with van der Waals surface area (Å²) in [4.78, 5) is 16.7. The van der Waals surface area contributed by atoms with Gasteiger partial charge in [0.25, 0.3) is 0 Å². The zero-order chi connectivity index (χ0) is 19.4. The van der Waals surface area contributed by atoms with Crippen molar-refractivity contribution in [3.8, 4) is 11.5 Å². The van der Waals surface area contributed by atoms with Gasteiger partial charge >= 0.3 is 0 Å². The largest absolute Gasteiger partial charge is 0.454 e. The molecule has 0 saturated heterocycles. The number of carbonyl (C=O) groups excluding carboxylic acids is 1. The Hall–Kier alpha value is -2.47. The first-order valence-electron chi connectivity index (χ1n) is 9.46. The first kappa shape index (κ1) is 19.3. The van der Waals surface area contributed by atoms with Gasteiger partial charge in [0.05, 0.1) is 6.67 Å². The van der Waals surface area contributed by atoms with Gasteiger partial charge in [0.1, 0.15) is 0 Å². The summed E-state index contributed by atoms with van der Waals surface area (Å²) in [6.07, 6.45) is 7.54. The monoisotopic (exact) mass is 371 g/mol. The number of benzene rings is 1. The first-order valence-corrected chi connectivity index (χ1v) is 9.46. The zero-order valence-corrected chi connectivity index (χ0v) is 16.6. The summed E-state index contributed by atoms with van der Waals surface area (Å²) < 4.78 is 10.8. The predicted octanol–water partition coefficient (Wildman–Crippen LogP) is 2.86. The van der Waals surface area contributed by atoms with E-state index < -0.39 is 0 Å². The molecule has 0 bridgehead atoms. The van der Waals surface area contributed by atoms with Gasteiger partial charge in [-0.2, -0.15) is 0 Å². The van der Waals surface area contributed by atoms with Crippen molar-refractivity contribution < 1.29 is 14.3 Å². The van der Waals surface area contributed by atoms with E-state index in [4.69, 9.17) is 9.47 Å². The Morgan fingerprint density at radius 1 is 1.26 bits per heavy atom. The number of allylic oxidation sites excluding steroid dienone is 1. The van der Waals surface area contributed by atoms with Crippen LogP contribution in [-0.4, -0.2) is 48.3 Å². The summed E-state index contributed by atoms with van der Waals surface area (Å²) in [5, 5.41) is 3.03. The van der Waals surface area contributed by atoms with Crippen molar-refractivity contribution in [1.82, 2.24) is 15.1 Å². The standard InChI is InChI=1S/C21H29N3O3/c1-15(2)24-9-5-6-18(12-24)21(25)22-13-23(4)16(3)10-17-7-8-19-20(11-17)27-14-26-19/h5,7-9,11-12,15-16H,6,10,13-14H2,1-4H3,(H,22,25). The van der Waals surface area contributed by atoms with Crippen molar-refractivity contribution in [3.63, 3.8) is 0 Å². The highest BCUT2D eigenvalue weighted by atomic mass is 16.7. The first-order chi connectivity index (χ1) is 12.9. The summed E-state index contributed by atoms with van der Waals surface area (Å²) in [5.74, 6) is 1.60. The minimum Gasteiger partial charge on any atom is -0.454 e. The van der Waals surface area contributed by atoms with Crippen LogP contribution in [0, 0.1) is 0 Å². The van der Waals surface area contributed by atoms with Crippen molar-refractivity contribution in [2.75, 3.05) is 20.5 Å². The highest BCUT2D eigenvalue weighted by Crippen LogP contribution is 2.32. The number of rotatable bonds is 7. The van der Waals surface area contributed by atoms with Gasteiger partial charge in [-0.1, -0.05) is 12.1 Å². The number of nitrogens with one attached hydrogen (secondary N) is 1. The highest BCUT2D eigenvalue weighted by molar-refractivity contribution is 5.93. The molecular weight excluding hydrogens is 342 g/mol. The number of carbonyl (C=O) groups is 1. The van der Waals surface area contributed by atoms with Gasteiger partial charge in [0, 0.05) is 30.1 Å². The van der Waals surface area contributed by atoms with Gasteiger partial charge in [-0.05, 0) is 58.4 Å². The van der Waals surface area contributed by atoms with E-state index in [9.17, 15) is 4.79 Å². The smallest absolute Gasteiger partial charge is 0.249 e. The van der Waals surface area contributed by atoms with Gasteiger partial charge in [0.15, 0.2) is 11.5 Å². The number of fused-ring (bicyclic) bond motifs is 1. The average molecular weight is 371 g/mol. The molecule has 1 atom stereocenters. The lowest BCUT2D eigenvalue weighted by Gasteiger charge is -2.27. The number of likely N-dealkylation sites (N-methyl/N-ethyl adjacent to an activating group) is 1. The number of ether oxygens (including phenoxy) is 2. The van der Waals surface area contributed by atoms with Crippen LogP contribution in [0.4, 0.5) is 0 Å². The molecule has 3 rings (SSSR count). The minimum atomic E-state index is -0.00729. The van der Waals surface area contributed by atoms with Crippen molar-refractivity contribution in [2.24, 2.45) is 0 Å². The summed E-state index contributed by atoms with van der Waals surface area (Å²) in [5.41, 5.74) is 1.99. The lowest BCUT2D eigenvalue weighted by Crippen LogP contribution is -2.41. The van der Waals surface area contributed by atoms with E-state index in [2.05, 4.69) is 42.0 Å². The molecule has 0 aliphatic carbocycles. The molecule has 0 saturated carbocycles. The quantitative estimate of drug-likeness (QED) is 0.747. The van der Waals surface area contributed by atoms with E-state index in [1.54, 1.807) is 0 Å². The van der Waals surface area contributed by atoms with Crippen molar-refractivity contribution in [1.29, 1.82) is 0 Å². The highest BCUT2D eigenvalue weighted by Gasteiger charge is 2.18. The van der Waals surface area contributed by atoms with Crippen LogP contribution in [0.25, 0.3) is 0 Å². The molecule has 6 nitrogen and oxygen atoms in total. The number of amides is 1. The van der Waals surface area contributed by atoms with Crippen LogP contribution >= 0.6 is 0 Å². The van der Waals surface area contributed by atoms with Crippen LogP contribution < -0.4 is 14.8 Å². The van der Waals surface area contributed by atoms with Gasteiger partial charge in [-0.15, -0.1) is 0 Å². The van der Waals surface area contributed by atoms with Crippen LogP contribution in [0.2, 0.25) is 0 Å². The maximum atomic E-state index is 12.5. The van der Waals surface area contributed by atoms with E-state index in [1.165, 1.54) is 5.56 Å². The van der Waals surface area contributed by atoms with E-state index in [0.717, 1.165) is 23.5 Å². The third-order valence-corrected chi connectivity index (χ3v) is 5.02. The molecule has 2 aliphatic rings. The van der Waals surface area contributed by atoms with E-state index in [-0.39, 0.29) is 11.9 Å². The molecule has 0 radical (unpaired) electrons. The van der Waals surface area contributed by atoms with E-state index in [1.807, 2.05) is 37.7 Å². The Morgan fingerprint density at radius 2 is 2.04 bits per heavy atom. The fourth-order valence-electron chi connectivity index (χ4n) is 3.08.